The number of rotatable bonds is 7. The minimum absolute atomic E-state index is 0.0514. The fraction of sp³-hybridized carbons (Fsp3) is 0.364. The number of aryl methyl sites for hydroxylation is 1. The molecule has 2 aromatic rings. The maximum Gasteiger partial charge on any atom is 0.258 e. The Morgan fingerprint density at radius 1 is 1.14 bits per heavy atom. The van der Waals surface area contributed by atoms with Gasteiger partial charge in [-0.15, -0.1) is 0 Å². The van der Waals surface area contributed by atoms with Crippen LogP contribution >= 0.6 is 0 Å². The van der Waals surface area contributed by atoms with E-state index in [2.05, 4.69) is 5.32 Å². The molecule has 0 radical (unpaired) electrons. The first-order valence-electron chi connectivity index (χ1n) is 9.49. The van der Waals surface area contributed by atoms with Gasteiger partial charge in [0.25, 0.3) is 11.8 Å². The summed E-state index contributed by atoms with van der Waals surface area (Å²) in [5, 5.41) is 2.82. The van der Waals surface area contributed by atoms with Crippen molar-refractivity contribution in [2.24, 2.45) is 0 Å². The molecular weight excluding hydrogens is 356 g/mol. The van der Waals surface area contributed by atoms with E-state index in [0.29, 0.717) is 17.9 Å². The van der Waals surface area contributed by atoms with Crippen LogP contribution in [-0.4, -0.2) is 44.7 Å². The minimum Gasteiger partial charge on any atom is -0.484 e. The topological polar surface area (TPSA) is 67.9 Å². The second kappa shape index (κ2) is 9.37. The van der Waals surface area contributed by atoms with E-state index in [4.69, 9.17) is 9.47 Å². The first-order chi connectivity index (χ1) is 13.5. The predicted octanol–water partition coefficient (Wildman–Crippen LogP) is 2.95. The van der Waals surface area contributed by atoms with Crippen LogP contribution in [0, 0.1) is 6.92 Å². The number of nitrogens with zero attached hydrogens (tertiary/aromatic N) is 1. The second-order valence-electron chi connectivity index (χ2n) is 6.95. The van der Waals surface area contributed by atoms with Crippen molar-refractivity contribution < 1.29 is 19.1 Å². The fourth-order valence-corrected chi connectivity index (χ4v) is 3.01. The molecule has 1 unspecified atom stereocenters. The molecule has 28 heavy (non-hydrogen) atoms. The Morgan fingerprint density at radius 3 is 2.50 bits per heavy atom. The van der Waals surface area contributed by atoms with Crippen molar-refractivity contribution >= 4 is 17.5 Å². The number of anilines is 1. The van der Waals surface area contributed by atoms with Crippen LogP contribution in [0.2, 0.25) is 0 Å². The normalized spacial score (nSPS) is 15.9. The number of nitrogens with one attached hydrogen (secondary N) is 1. The molecule has 0 aromatic heterocycles. The molecule has 2 aromatic carbocycles. The lowest BCUT2D eigenvalue weighted by Crippen LogP contribution is -2.35. The molecule has 0 bridgehead atoms. The fourth-order valence-electron chi connectivity index (χ4n) is 3.01. The Hall–Kier alpha value is -2.86. The van der Waals surface area contributed by atoms with E-state index in [-0.39, 0.29) is 24.5 Å². The number of amides is 2. The van der Waals surface area contributed by atoms with Crippen LogP contribution < -0.4 is 15.0 Å². The molecule has 0 aliphatic carbocycles. The van der Waals surface area contributed by atoms with E-state index in [1.54, 1.807) is 36.2 Å². The van der Waals surface area contributed by atoms with Crippen LogP contribution in [0.15, 0.2) is 48.5 Å². The van der Waals surface area contributed by atoms with E-state index in [1.165, 1.54) is 0 Å². The third-order valence-electron chi connectivity index (χ3n) is 4.75. The summed E-state index contributed by atoms with van der Waals surface area (Å²) >= 11 is 0. The number of carbonyl (C=O) groups is 2. The quantitative estimate of drug-likeness (QED) is 0.800. The molecule has 1 aliphatic rings. The lowest BCUT2D eigenvalue weighted by Gasteiger charge is -2.18. The van der Waals surface area contributed by atoms with Crippen LogP contribution in [0.3, 0.4) is 0 Å². The summed E-state index contributed by atoms with van der Waals surface area (Å²) in [7, 11) is 1.73. The van der Waals surface area contributed by atoms with Crippen LogP contribution in [0.25, 0.3) is 0 Å². The molecule has 1 N–H and O–H groups in total. The Balaban J connectivity index is 1.49. The molecule has 1 heterocycles. The number of hydrogen-bond acceptors (Lipinski definition) is 4. The molecule has 1 fully saturated rings. The van der Waals surface area contributed by atoms with Crippen LogP contribution in [0.1, 0.15) is 28.8 Å². The summed E-state index contributed by atoms with van der Waals surface area (Å²) in [6.07, 6.45) is 2.15. The summed E-state index contributed by atoms with van der Waals surface area (Å²) in [6, 6.07) is 14.6. The van der Waals surface area contributed by atoms with Crippen molar-refractivity contribution in [1.82, 2.24) is 5.32 Å². The summed E-state index contributed by atoms with van der Waals surface area (Å²) in [5.74, 6) is 0.320. The highest BCUT2D eigenvalue weighted by Gasteiger charge is 2.16. The smallest absolute Gasteiger partial charge is 0.258 e. The summed E-state index contributed by atoms with van der Waals surface area (Å²) in [5.41, 5.74) is 2.50. The number of carbonyl (C=O) groups excluding carboxylic acids is 2. The van der Waals surface area contributed by atoms with Crippen molar-refractivity contribution in [3.63, 3.8) is 0 Å². The number of benzene rings is 2. The molecule has 148 valence electrons. The van der Waals surface area contributed by atoms with Gasteiger partial charge < -0.3 is 19.7 Å². The van der Waals surface area contributed by atoms with Crippen molar-refractivity contribution in [1.29, 1.82) is 0 Å². The molecular formula is C22H26N2O4. The van der Waals surface area contributed by atoms with E-state index in [1.807, 2.05) is 31.2 Å². The van der Waals surface area contributed by atoms with Gasteiger partial charge in [0.15, 0.2) is 6.61 Å². The highest BCUT2D eigenvalue weighted by molar-refractivity contribution is 6.05. The molecule has 2 amide bonds. The standard InChI is InChI=1S/C22H26N2O4/c1-16-5-7-17(8-6-16)22(26)24(2)18-9-11-19(12-10-18)28-15-21(25)23-14-20-4-3-13-27-20/h5-12,20H,3-4,13-15H2,1-2H3,(H,23,25). The highest BCUT2D eigenvalue weighted by Crippen LogP contribution is 2.20. The molecule has 6 heteroatoms. The monoisotopic (exact) mass is 382 g/mol. The first kappa shape index (κ1) is 19.9. The van der Waals surface area contributed by atoms with E-state index < -0.39 is 0 Å². The Bertz CT molecular complexity index is 796. The number of hydrogen-bond donors (Lipinski definition) is 1. The van der Waals surface area contributed by atoms with Gasteiger partial charge >= 0.3 is 0 Å². The molecule has 0 saturated carbocycles. The van der Waals surface area contributed by atoms with E-state index in [0.717, 1.165) is 30.7 Å². The van der Waals surface area contributed by atoms with Gasteiger partial charge in [-0.25, -0.2) is 0 Å². The van der Waals surface area contributed by atoms with Crippen LogP contribution in [0.4, 0.5) is 5.69 Å². The SMILES string of the molecule is Cc1ccc(C(=O)N(C)c2ccc(OCC(=O)NCC3CCCO3)cc2)cc1. The summed E-state index contributed by atoms with van der Waals surface area (Å²) < 4.78 is 11.0. The largest absolute Gasteiger partial charge is 0.484 e. The van der Waals surface area contributed by atoms with Gasteiger partial charge in [0.2, 0.25) is 0 Å². The third kappa shape index (κ3) is 5.33. The maximum atomic E-state index is 12.6. The van der Waals surface area contributed by atoms with Gasteiger partial charge in [0.05, 0.1) is 6.10 Å². The molecule has 3 rings (SSSR count). The zero-order chi connectivity index (χ0) is 19.9. The van der Waals surface area contributed by atoms with Crippen LogP contribution in [0.5, 0.6) is 5.75 Å². The average Bonchev–Trinajstić information content (AvgIpc) is 3.24. The van der Waals surface area contributed by atoms with E-state index in [9.17, 15) is 9.59 Å². The van der Waals surface area contributed by atoms with Gasteiger partial charge in [0, 0.05) is 31.5 Å². The average molecular weight is 382 g/mol. The molecule has 1 aliphatic heterocycles. The Kier molecular flexibility index (Phi) is 6.66. The van der Waals surface area contributed by atoms with Gasteiger partial charge in [0.1, 0.15) is 5.75 Å². The zero-order valence-corrected chi connectivity index (χ0v) is 16.3. The van der Waals surface area contributed by atoms with Gasteiger partial charge in [-0.05, 0) is 56.2 Å². The minimum atomic E-state index is -0.175. The summed E-state index contributed by atoms with van der Waals surface area (Å²) in [6.45, 7) is 3.22. The lowest BCUT2D eigenvalue weighted by molar-refractivity contribution is -0.123. The van der Waals surface area contributed by atoms with Gasteiger partial charge in [-0.1, -0.05) is 17.7 Å². The van der Waals surface area contributed by atoms with Crippen LogP contribution in [-0.2, 0) is 9.53 Å². The van der Waals surface area contributed by atoms with Crippen molar-refractivity contribution in [2.45, 2.75) is 25.9 Å². The maximum absolute atomic E-state index is 12.6. The Labute approximate surface area is 165 Å². The molecule has 0 spiro atoms. The van der Waals surface area contributed by atoms with Crippen molar-refractivity contribution in [2.75, 3.05) is 31.7 Å². The zero-order valence-electron chi connectivity index (χ0n) is 16.3. The number of ether oxygens (including phenoxy) is 2. The van der Waals surface area contributed by atoms with Crippen molar-refractivity contribution in [3.05, 3.63) is 59.7 Å². The Morgan fingerprint density at radius 2 is 1.86 bits per heavy atom. The predicted molar refractivity (Wildman–Crippen MR) is 108 cm³/mol. The van der Waals surface area contributed by atoms with Crippen molar-refractivity contribution in [3.8, 4) is 5.75 Å². The molecule has 1 saturated heterocycles. The van der Waals surface area contributed by atoms with E-state index >= 15 is 0 Å². The lowest BCUT2D eigenvalue weighted by atomic mass is 10.1. The first-order valence-corrected chi connectivity index (χ1v) is 9.49. The highest BCUT2D eigenvalue weighted by atomic mass is 16.5. The third-order valence-corrected chi connectivity index (χ3v) is 4.75. The molecule has 1 atom stereocenters. The van der Waals surface area contributed by atoms with Gasteiger partial charge in [-0.2, -0.15) is 0 Å². The summed E-state index contributed by atoms with van der Waals surface area (Å²) in [4.78, 5) is 26.0. The van der Waals surface area contributed by atoms with Gasteiger partial charge in [-0.3, -0.25) is 9.59 Å². The molecule has 6 nitrogen and oxygen atoms in total. The second-order valence-corrected chi connectivity index (χ2v) is 6.95.